The normalized spacial score (nSPS) is 12.0. The van der Waals surface area contributed by atoms with Crippen LogP contribution in [0.2, 0.25) is 6.04 Å². The molecule has 0 aromatic rings. The highest BCUT2D eigenvalue weighted by atomic mass is 28.4. The molecule has 0 fully saturated rings. The third-order valence-electron chi connectivity index (χ3n) is 4.39. The van der Waals surface area contributed by atoms with E-state index in [-0.39, 0.29) is 0 Å². The molecule has 0 spiro atoms. The van der Waals surface area contributed by atoms with E-state index in [2.05, 4.69) is 27.7 Å². The minimum atomic E-state index is -2.45. The van der Waals surface area contributed by atoms with Crippen LogP contribution in [0.25, 0.3) is 0 Å². The molecule has 0 aromatic carbocycles. The molecule has 0 aliphatic heterocycles. The van der Waals surface area contributed by atoms with Gasteiger partial charge in [0, 0.05) is 25.9 Å². The van der Waals surface area contributed by atoms with Crippen molar-refractivity contribution in [2.45, 2.75) is 111 Å². The maximum Gasteiger partial charge on any atom is 0.500 e. The Morgan fingerprint density at radius 3 is 1.04 bits per heavy atom. The van der Waals surface area contributed by atoms with Gasteiger partial charge in [0.2, 0.25) is 0 Å². The molecule has 0 bridgehead atoms. The van der Waals surface area contributed by atoms with Crippen molar-refractivity contribution >= 4 is 8.80 Å². The molecular weight excluding hydrogens is 316 g/mol. The van der Waals surface area contributed by atoms with Crippen LogP contribution < -0.4 is 0 Å². The Labute approximate surface area is 153 Å². The van der Waals surface area contributed by atoms with Crippen LogP contribution >= 0.6 is 0 Å². The Balaban J connectivity index is 4.23. The second-order valence-corrected chi connectivity index (χ2v) is 9.70. The van der Waals surface area contributed by atoms with E-state index < -0.39 is 8.80 Å². The van der Waals surface area contributed by atoms with E-state index in [1.807, 2.05) is 0 Å². The summed E-state index contributed by atoms with van der Waals surface area (Å²) in [4.78, 5) is 0. The topological polar surface area (TPSA) is 27.7 Å². The van der Waals surface area contributed by atoms with Crippen molar-refractivity contribution in [1.29, 1.82) is 0 Å². The van der Waals surface area contributed by atoms with Crippen LogP contribution in [-0.2, 0) is 13.3 Å². The van der Waals surface area contributed by atoms with E-state index in [0.29, 0.717) is 0 Å². The predicted octanol–water partition coefficient (Wildman–Crippen LogP) is 6.74. The smallest absolute Gasteiger partial charge is 0.373 e. The summed E-state index contributed by atoms with van der Waals surface area (Å²) >= 11 is 0. The fourth-order valence-electron chi connectivity index (χ4n) is 2.70. The van der Waals surface area contributed by atoms with Crippen molar-refractivity contribution < 1.29 is 13.3 Å². The van der Waals surface area contributed by atoms with Crippen LogP contribution in [0.5, 0.6) is 0 Å². The quantitative estimate of drug-likeness (QED) is 0.189. The lowest BCUT2D eigenvalue weighted by molar-refractivity contribution is 0.0564. The molecule has 0 aromatic heterocycles. The van der Waals surface area contributed by atoms with Gasteiger partial charge in [0.25, 0.3) is 0 Å². The van der Waals surface area contributed by atoms with Gasteiger partial charge in [0.05, 0.1) is 0 Å². The second-order valence-electron chi connectivity index (χ2n) is 6.76. The molecule has 0 heterocycles. The first kappa shape index (κ1) is 24.1. The van der Waals surface area contributed by atoms with Gasteiger partial charge in [-0.2, -0.15) is 0 Å². The fraction of sp³-hybridized carbons (Fsp3) is 1.00. The third-order valence-corrected chi connectivity index (χ3v) is 7.19. The SMILES string of the molecule is CCCCCCO[Si](CC)(OCCCCCC)OCCCCCC. The highest BCUT2D eigenvalue weighted by Gasteiger charge is 2.38. The summed E-state index contributed by atoms with van der Waals surface area (Å²) < 4.78 is 18.7. The number of hydrogen-bond donors (Lipinski definition) is 0. The Kier molecular flexibility index (Phi) is 18.0. The minimum Gasteiger partial charge on any atom is -0.373 e. The van der Waals surface area contributed by atoms with Crippen molar-refractivity contribution in [3.63, 3.8) is 0 Å². The summed E-state index contributed by atoms with van der Waals surface area (Å²) in [5.74, 6) is 0. The maximum absolute atomic E-state index is 6.23. The second kappa shape index (κ2) is 17.9. The summed E-state index contributed by atoms with van der Waals surface area (Å²) in [6, 6.07) is 0.891. The van der Waals surface area contributed by atoms with Gasteiger partial charge in [-0.05, 0) is 19.3 Å². The Morgan fingerprint density at radius 2 is 0.792 bits per heavy atom. The first-order chi connectivity index (χ1) is 11.7. The van der Waals surface area contributed by atoms with E-state index in [4.69, 9.17) is 13.3 Å². The van der Waals surface area contributed by atoms with Gasteiger partial charge < -0.3 is 13.3 Å². The summed E-state index contributed by atoms with van der Waals surface area (Å²) in [7, 11) is -2.45. The zero-order chi connectivity index (χ0) is 17.9. The Bertz CT molecular complexity index is 213. The van der Waals surface area contributed by atoms with Crippen LogP contribution in [0.15, 0.2) is 0 Å². The molecule has 4 heteroatoms. The lowest BCUT2D eigenvalue weighted by atomic mass is 10.2. The zero-order valence-electron chi connectivity index (χ0n) is 17.0. The number of rotatable bonds is 19. The van der Waals surface area contributed by atoms with Crippen LogP contribution in [-0.4, -0.2) is 28.6 Å². The third kappa shape index (κ3) is 13.4. The average Bonchev–Trinajstić information content (AvgIpc) is 2.60. The van der Waals surface area contributed by atoms with Gasteiger partial charge in [-0.3, -0.25) is 0 Å². The Hall–Kier alpha value is 0.0969. The highest BCUT2D eigenvalue weighted by molar-refractivity contribution is 6.60. The van der Waals surface area contributed by atoms with E-state index in [9.17, 15) is 0 Å². The van der Waals surface area contributed by atoms with E-state index in [0.717, 1.165) is 45.1 Å². The molecule has 3 nitrogen and oxygen atoms in total. The minimum absolute atomic E-state index is 0.796. The molecule has 0 amide bonds. The van der Waals surface area contributed by atoms with Gasteiger partial charge in [-0.1, -0.05) is 85.5 Å². The largest absolute Gasteiger partial charge is 0.500 e. The summed E-state index contributed by atoms with van der Waals surface area (Å²) in [5.41, 5.74) is 0. The summed E-state index contributed by atoms with van der Waals surface area (Å²) in [6.07, 6.45) is 14.8. The Morgan fingerprint density at radius 1 is 0.458 bits per heavy atom. The van der Waals surface area contributed by atoms with Crippen LogP contribution in [0, 0.1) is 0 Å². The molecule has 0 saturated heterocycles. The standard InChI is InChI=1S/C20H44O3Si/c1-5-9-12-15-18-21-24(8-4,22-19-16-13-10-6-2)23-20-17-14-11-7-3/h5-20H2,1-4H3. The van der Waals surface area contributed by atoms with Crippen molar-refractivity contribution in [1.82, 2.24) is 0 Å². The van der Waals surface area contributed by atoms with Gasteiger partial charge >= 0.3 is 8.80 Å². The number of hydrogen-bond acceptors (Lipinski definition) is 3. The van der Waals surface area contributed by atoms with Gasteiger partial charge in [0.1, 0.15) is 0 Å². The van der Waals surface area contributed by atoms with Gasteiger partial charge in [0.15, 0.2) is 0 Å². The molecular formula is C20H44O3Si. The molecule has 0 atom stereocenters. The molecule has 146 valence electrons. The first-order valence-corrected chi connectivity index (χ1v) is 12.6. The lowest BCUT2D eigenvalue weighted by Crippen LogP contribution is -2.46. The molecule has 24 heavy (non-hydrogen) atoms. The van der Waals surface area contributed by atoms with Crippen molar-refractivity contribution in [3.8, 4) is 0 Å². The zero-order valence-corrected chi connectivity index (χ0v) is 18.0. The maximum atomic E-state index is 6.23. The van der Waals surface area contributed by atoms with Crippen molar-refractivity contribution in [2.75, 3.05) is 19.8 Å². The fourth-order valence-corrected chi connectivity index (χ4v) is 4.93. The predicted molar refractivity (Wildman–Crippen MR) is 107 cm³/mol. The molecule has 0 rings (SSSR count). The summed E-state index contributed by atoms with van der Waals surface area (Å²) in [6.45, 7) is 11.3. The van der Waals surface area contributed by atoms with Crippen LogP contribution in [0.1, 0.15) is 105 Å². The molecule has 0 saturated carbocycles. The monoisotopic (exact) mass is 360 g/mol. The molecule has 0 radical (unpaired) electrons. The highest BCUT2D eigenvalue weighted by Crippen LogP contribution is 2.18. The first-order valence-electron chi connectivity index (χ1n) is 10.7. The van der Waals surface area contributed by atoms with Crippen molar-refractivity contribution in [2.24, 2.45) is 0 Å². The average molecular weight is 361 g/mol. The van der Waals surface area contributed by atoms with Crippen molar-refractivity contribution in [3.05, 3.63) is 0 Å². The van der Waals surface area contributed by atoms with E-state index >= 15 is 0 Å². The van der Waals surface area contributed by atoms with E-state index in [1.54, 1.807) is 0 Å². The van der Waals surface area contributed by atoms with Crippen LogP contribution in [0.3, 0.4) is 0 Å². The molecule has 0 N–H and O–H groups in total. The molecule has 0 aliphatic carbocycles. The van der Waals surface area contributed by atoms with Gasteiger partial charge in [-0.15, -0.1) is 0 Å². The number of unbranched alkanes of at least 4 members (excludes halogenated alkanes) is 9. The molecule has 0 aliphatic rings. The molecule has 0 unspecified atom stereocenters. The summed E-state index contributed by atoms with van der Waals surface area (Å²) in [5, 5.41) is 0. The van der Waals surface area contributed by atoms with Gasteiger partial charge in [-0.25, -0.2) is 0 Å². The van der Waals surface area contributed by atoms with Crippen LogP contribution in [0.4, 0.5) is 0 Å². The lowest BCUT2D eigenvalue weighted by Gasteiger charge is -2.29. The van der Waals surface area contributed by atoms with E-state index in [1.165, 1.54) is 57.8 Å².